The summed E-state index contributed by atoms with van der Waals surface area (Å²) in [5.74, 6) is 1.19. The third-order valence-electron chi connectivity index (χ3n) is 4.69. The average Bonchev–Trinajstić information content (AvgIpc) is 3.12. The fourth-order valence-electron chi connectivity index (χ4n) is 3.29. The van der Waals surface area contributed by atoms with Crippen LogP contribution in [-0.4, -0.2) is 60.7 Å². The summed E-state index contributed by atoms with van der Waals surface area (Å²) < 4.78 is 7.15. The molecule has 1 saturated heterocycles. The number of amides is 1. The molecule has 9 heteroatoms. The van der Waals surface area contributed by atoms with Crippen LogP contribution in [0.15, 0.2) is 36.5 Å². The minimum Gasteiger partial charge on any atom is -0.444 e. The number of ether oxygens (including phenoxy) is 1. The molecule has 0 bridgehead atoms. The van der Waals surface area contributed by atoms with E-state index in [0.29, 0.717) is 24.9 Å². The Hall–Kier alpha value is -3.23. The number of carbonyl (C=O) groups excluding carboxylic acids is 1. The molecule has 9 nitrogen and oxygen atoms in total. The number of carbonyl (C=O) groups is 1. The molecule has 1 aromatic carbocycles. The highest BCUT2D eigenvalue weighted by Gasteiger charge is 2.27. The summed E-state index contributed by atoms with van der Waals surface area (Å²) in [4.78, 5) is 22.9. The van der Waals surface area contributed by atoms with E-state index in [1.165, 1.54) is 0 Å². The van der Waals surface area contributed by atoms with Gasteiger partial charge in [0, 0.05) is 31.4 Å². The molecular formula is C20H25N7O2. The molecule has 0 spiro atoms. The van der Waals surface area contributed by atoms with Crippen LogP contribution >= 0.6 is 0 Å². The fraction of sp³-hybridized carbons (Fsp3) is 0.450. The van der Waals surface area contributed by atoms with E-state index in [-0.39, 0.29) is 12.1 Å². The van der Waals surface area contributed by atoms with Gasteiger partial charge in [-0.2, -0.15) is 9.67 Å². The molecule has 3 heterocycles. The first-order valence-electron chi connectivity index (χ1n) is 9.77. The van der Waals surface area contributed by atoms with Crippen LogP contribution in [0.2, 0.25) is 0 Å². The van der Waals surface area contributed by atoms with E-state index in [2.05, 4.69) is 25.6 Å². The molecule has 0 radical (unpaired) electrons. The van der Waals surface area contributed by atoms with Crippen molar-refractivity contribution < 1.29 is 9.53 Å². The Morgan fingerprint density at radius 3 is 2.69 bits per heavy atom. The zero-order valence-corrected chi connectivity index (χ0v) is 16.9. The maximum absolute atomic E-state index is 12.2. The van der Waals surface area contributed by atoms with E-state index in [4.69, 9.17) is 4.74 Å². The molecule has 1 aliphatic rings. The number of benzene rings is 1. The van der Waals surface area contributed by atoms with Crippen LogP contribution < -0.4 is 5.32 Å². The van der Waals surface area contributed by atoms with Gasteiger partial charge in [-0.05, 0) is 45.7 Å². The van der Waals surface area contributed by atoms with Gasteiger partial charge in [-0.1, -0.05) is 17.3 Å². The average molecular weight is 395 g/mol. The summed E-state index contributed by atoms with van der Waals surface area (Å²) in [7, 11) is 0. The number of anilines is 1. The van der Waals surface area contributed by atoms with Crippen LogP contribution in [0.3, 0.4) is 0 Å². The first kappa shape index (κ1) is 19.1. The summed E-state index contributed by atoms with van der Waals surface area (Å²) in [6.45, 7) is 6.91. The van der Waals surface area contributed by atoms with E-state index in [9.17, 15) is 4.79 Å². The van der Waals surface area contributed by atoms with E-state index in [0.717, 1.165) is 23.9 Å². The molecule has 0 aliphatic carbocycles. The summed E-state index contributed by atoms with van der Waals surface area (Å²) in [6, 6.07) is 9.74. The third-order valence-corrected chi connectivity index (χ3v) is 4.69. The van der Waals surface area contributed by atoms with E-state index in [1.54, 1.807) is 21.8 Å². The number of nitrogens with zero attached hydrogens (tertiary/aromatic N) is 6. The SMILES string of the molecule is CC(C)(C)OC(=O)N1CCC(Nc2nccc(-n3nnc4ccccc43)n2)CC1. The number of fused-ring (bicyclic) bond motifs is 1. The number of hydrogen-bond donors (Lipinski definition) is 1. The van der Waals surface area contributed by atoms with Gasteiger partial charge in [-0.3, -0.25) is 0 Å². The quantitative estimate of drug-likeness (QED) is 0.728. The number of piperidine rings is 1. The second kappa shape index (κ2) is 7.65. The molecule has 1 aliphatic heterocycles. The fourth-order valence-corrected chi connectivity index (χ4v) is 3.29. The summed E-state index contributed by atoms with van der Waals surface area (Å²) in [6.07, 6.45) is 3.06. The molecule has 0 saturated carbocycles. The predicted octanol–water partition coefficient (Wildman–Crippen LogP) is 3.02. The predicted molar refractivity (Wildman–Crippen MR) is 109 cm³/mol. The Kier molecular flexibility index (Phi) is 5.04. The van der Waals surface area contributed by atoms with Crippen molar-refractivity contribution in [3.63, 3.8) is 0 Å². The highest BCUT2D eigenvalue weighted by Crippen LogP contribution is 2.19. The van der Waals surface area contributed by atoms with Crippen molar-refractivity contribution in [2.45, 2.75) is 45.3 Å². The zero-order valence-electron chi connectivity index (χ0n) is 16.9. The van der Waals surface area contributed by atoms with Crippen molar-refractivity contribution >= 4 is 23.1 Å². The molecule has 4 rings (SSSR count). The highest BCUT2D eigenvalue weighted by atomic mass is 16.6. The van der Waals surface area contributed by atoms with Gasteiger partial charge in [0.2, 0.25) is 5.95 Å². The number of rotatable bonds is 3. The molecular weight excluding hydrogens is 370 g/mol. The molecule has 1 fully saturated rings. The van der Waals surface area contributed by atoms with Crippen molar-refractivity contribution in [1.82, 2.24) is 29.9 Å². The topological polar surface area (TPSA) is 98.1 Å². The lowest BCUT2D eigenvalue weighted by molar-refractivity contribution is 0.0210. The first-order chi connectivity index (χ1) is 13.9. The smallest absolute Gasteiger partial charge is 0.410 e. The maximum atomic E-state index is 12.2. The lowest BCUT2D eigenvalue weighted by atomic mass is 10.1. The van der Waals surface area contributed by atoms with Crippen molar-refractivity contribution in [1.29, 1.82) is 0 Å². The Morgan fingerprint density at radius 1 is 1.17 bits per heavy atom. The second-order valence-electron chi connectivity index (χ2n) is 8.11. The van der Waals surface area contributed by atoms with Crippen molar-refractivity contribution in [3.8, 4) is 5.82 Å². The van der Waals surface area contributed by atoms with Gasteiger partial charge >= 0.3 is 6.09 Å². The molecule has 2 aromatic heterocycles. The highest BCUT2D eigenvalue weighted by molar-refractivity contribution is 5.75. The lowest BCUT2D eigenvalue weighted by Crippen LogP contribution is -2.44. The Morgan fingerprint density at radius 2 is 1.93 bits per heavy atom. The van der Waals surface area contributed by atoms with Crippen LogP contribution in [0.5, 0.6) is 0 Å². The normalized spacial score (nSPS) is 15.5. The number of para-hydroxylation sites is 1. The number of likely N-dealkylation sites (tertiary alicyclic amines) is 1. The molecule has 3 aromatic rings. The van der Waals surface area contributed by atoms with Crippen LogP contribution in [0.1, 0.15) is 33.6 Å². The first-order valence-corrected chi connectivity index (χ1v) is 9.77. The number of hydrogen-bond acceptors (Lipinski definition) is 7. The van der Waals surface area contributed by atoms with Gasteiger partial charge in [0.15, 0.2) is 5.82 Å². The van der Waals surface area contributed by atoms with Gasteiger partial charge < -0.3 is 15.0 Å². The molecule has 1 amide bonds. The second-order valence-corrected chi connectivity index (χ2v) is 8.11. The molecule has 152 valence electrons. The van der Waals surface area contributed by atoms with E-state index < -0.39 is 5.60 Å². The molecule has 29 heavy (non-hydrogen) atoms. The summed E-state index contributed by atoms with van der Waals surface area (Å²) in [5.41, 5.74) is 1.23. The summed E-state index contributed by atoms with van der Waals surface area (Å²) >= 11 is 0. The zero-order chi connectivity index (χ0) is 20.4. The van der Waals surface area contributed by atoms with Crippen LogP contribution in [0.4, 0.5) is 10.7 Å². The van der Waals surface area contributed by atoms with Gasteiger partial charge in [-0.15, -0.1) is 5.10 Å². The van der Waals surface area contributed by atoms with Crippen LogP contribution in [0, 0.1) is 0 Å². The van der Waals surface area contributed by atoms with E-state index >= 15 is 0 Å². The number of aromatic nitrogens is 5. The maximum Gasteiger partial charge on any atom is 0.410 e. The van der Waals surface area contributed by atoms with Crippen molar-refractivity contribution in [2.24, 2.45) is 0 Å². The Labute approximate surface area is 169 Å². The Balaban J connectivity index is 1.40. The molecule has 1 N–H and O–H groups in total. The van der Waals surface area contributed by atoms with Gasteiger partial charge in [0.25, 0.3) is 0 Å². The van der Waals surface area contributed by atoms with Crippen molar-refractivity contribution in [2.75, 3.05) is 18.4 Å². The monoisotopic (exact) mass is 395 g/mol. The standard InChI is InChI=1S/C20H25N7O2/c1-20(2,3)29-19(28)26-12-9-14(10-13-26)22-18-21-11-8-17(23-18)27-16-7-5-4-6-15(16)24-25-27/h4-8,11,14H,9-10,12-13H2,1-3H3,(H,21,22,23). The minimum atomic E-state index is -0.480. The lowest BCUT2D eigenvalue weighted by Gasteiger charge is -2.33. The third kappa shape index (κ3) is 4.44. The molecule has 0 unspecified atom stereocenters. The summed E-state index contributed by atoms with van der Waals surface area (Å²) in [5, 5.41) is 11.8. The van der Waals surface area contributed by atoms with Gasteiger partial charge in [0.05, 0.1) is 5.52 Å². The van der Waals surface area contributed by atoms with Crippen LogP contribution in [0.25, 0.3) is 16.9 Å². The number of nitrogens with one attached hydrogen (secondary N) is 1. The van der Waals surface area contributed by atoms with Gasteiger partial charge in [-0.25, -0.2) is 9.78 Å². The van der Waals surface area contributed by atoms with Crippen LogP contribution in [-0.2, 0) is 4.74 Å². The Bertz CT molecular complexity index is 1000. The minimum absolute atomic E-state index is 0.191. The van der Waals surface area contributed by atoms with Gasteiger partial charge in [0.1, 0.15) is 11.1 Å². The largest absolute Gasteiger partial charge is 0.444 e. The van der Waals surface area contributed by atoms with E-state index in [1.807, 2.05) is 45.0 Å². The van der Waals surface area contributed by atoms with Crippen molar-refractivity contribution in [3.05, 3.63) is 36.5 Å². The molecule has 0 atom stereocenters.